The smallest absolute Gasteiger partial charge is 0.180 e. The molecule has 1 aromatic rings. The van der Waals surface area contributed by atoms with Crippen LogP contribution in [0.2, 0.25) is 0 Å². The molecule has 0 saturated carbocycles. The molecule has 0 atom stereocenters. The maximum absolute atomic E-state index is 8.00. The zero-order chi connectivity index (χ0) is 23.8. The highest BCUT2D eigenvalue weighted by Crippen LogP contribution is 2.25. The van der Waals surface area contributed by atoms with Crippen LogP contribution in [0.4, 0.5) is 78.3 Å². The molecule has 20 heteroatoms. The number of aromatic nitrogens is 1. The van der Waals surface area contributed by atoms with Gasteiger partial charge in [-0.05, 0) is 7.05 Å². The van der Waals surface area contributed by atoms with Crippen molar-refractivity contribution in [1.82, 2.24) is 9.88 Å². The summed E-state index contributed by atoms with van der Waals surface area (Å²) in [5, 5.41) is 0.713. The summed E-state index contributed by atoms with van der Waals surface area (Å²) in [6, 6.07) is 0. The highest BCUT2D eigenvalue weighted by atomic mass is 32.1. The first-order valence-corrected chi connectivity index (χ1v) is 5.64. The number of likely N-dealkylation sites (N-methyl/N-ethyl adjacent to an activating group) is 1. The van der Waals surface area contributed by atoms with E-state index in [9.17, 15) is 0 Å². The van der Waals surface area contributed by atoms with Gasteiger partial charge in [0.1, 0.15) is 0 Å². The predicted octanol–water partition coefficient (Wildman–Crippen LogP) is 7.44. The van der Waals surface area contributed by atoms with Gasteiger partial charge in [-0.3, -0.25) is 0 Å². The number of nitrogens with zero attached hydrogens (tertiary/aromatic N) is 2. The van der Waals surface area contributed by atoms with E-state index in [4.69, 9.17) is 78.9 Å². The highest BCUT2D eigenvalue weighted by Gasteiger charge is 2.16. The van der Waals surface area contributed by atoms with Crippen LogP contribution in [0, 0.1) is 0 Å². The van der Waals surface area contributed by atoms with E-state index in [2.05, 4.69) is 16.9 Å². The molecule has 2 heterocycles. The summed E-state index contributed by atoms with van der Waals surface area (Å²) in [4.78, 5) is 7.89. The Labute approximate surface area is 143 Å². The van der Waals surface area contributed by atoms with E-state index < -0.39 is 0 Å². The van der Waals surface area contributed by atoms with Crippen molar-refractivity contribution < 1.29 is 73.2 Å². The molecule has 27 heavy (non-hydrogen) atoms. The fraction of sp³-hybridized carbons (Fsp3) is 0.571. The molecule has 1 aromatic heterocycles. The van der Waals surface area contributed by atoms with Crippen LogP contribution in [-0.4, -0.2) is 23.5 Å². The van der Waals surface area contributed by atoms with Crippen molar-refractivity contribution in [2.45, 2.75) is 13.0 Å². The molecule has 2 rings (SSSR count). The van der Waals surface area contributed by atoms with Gasteiger partial charge in [-0.1, -0.05) is 0 Å². The molecule has 0 aliphatic carbocycles. The molecule has 0 spiro atoms. The second kappa shape index (κ2) is 56.4. The van der Waals surface area contributed by atoms with Crippen molar-refractivity contribution in [3.63, 3.8) is 0 Å². The molecule has 1 aliphatic heterocycles. The third-order valence-corrected chi connectivity index (χ3v) is 2.85. The van der Waals surface area contributed by atoms with E-state index >= 15 is 0 Å². The minimum atomic E-state index is 0.713. The zero-order valence-corrected chi connectivity index (χ0v) is 13.4. The van der Waals surface area contributed by atoms with Crippen LogP contribution < -0.4 is 5.73 Å². The molecule has 0 fully saturated rings. The summed E-state index contributed by atoms with van der Waals surface area (Å²) in [7, 11) is 2.12. The van der Waals surface area contributed by atoms with Gasteiger partial charge in [-0.25, -0.2) is 4.98 Å². The maximum Gasteiger partial charge on any atom is 0.180 e. The Hall–Kier alpha value is -1.73. The first-order chi connectivity index (χ1) is 13.3. The number of fused-ring (bicyclic) bond motifs is 1. The molecule has 172 valence electrons. The minimum absolute atomic E-state index is 0.713. The molecule has 0 saturated heterocycles. The lowest BCUT2D eigenvalue weighted by Crippen LogP contribution is -2.25. The lowest BCUT2D eigenvalue weighted by Gasteiger charge is -2.20. The maximum atomic E-state index is 8.00. The number of nitrogens with two attached hydrogens (primary N) is 1. The highest BCUT2D eigenvalue weighted by molar-refractivity contribution is 7.15. The second-order valence-electron chi connectivity index (χ2n) is 2.91. The van der Waals surface area contributed by atoms with E-state index in [1.807, 2.05) is 0 Å². The third-order valence-electron chi connectivity index (χ3n) is 1.94. The summed E-state index contributed by atoms with van der Waals surface area (Å²) in [5.74, 6) is 0. The van der Waals surface area contributed by atoms with Crippen LogP contribution >= 0.6 is 11.3 Å². The van der Waals surface area contributed by atoms with Gasteiger partial charge in [-0.2, -0.15) is 0 Å². The first kappa shape index (κ1) is 44.6. The van der Waals surface area contributed by atoms with Crippen LogP contribution in [0.1, 0.15) is 10.6 Å². The normalized spacial score (nSPS) is 9.22. The van der Waals surface area contributed by atoms with E-state index in [1.54, 1.807) is 11.3 Å². The standard InChI is InChI=1S/C7H11N3S.8F2/c1-10-3-2-5-6(4-10)11-7(8)9-5;8*1-2/h2-4H2,1H3,(H2,8,9);;;;;;;;. The molecule has 1 aliphatic rings. The largest absolute Gasteiger partial charge is 0.375 e. The molecular weight excluding hydrogens is 462 g/mol. The number of thiazole rings is 1. The summed E-state index contributed by atoms with van der Waals surface area (Å²) >= 11 is 1.62. The number of anilines is 1. The summed E-state index contributed by atoms with van der Waals surface area (Å²) in [5.41, 5.74) is 6.81. The van der Waals surface area contributed by atoms with Gasteiger partial charge in [0.05, 0.1) is 5.69 Å². The predicted molar refractivity (Wildman–Crippen MR) is 64.3 cm³/mol. The quantitative estimate of drug-likeness (QED) is 0.399. The van der Waals surface area contributed by atoms with E-state index in [0.29, 0.717) is 5.13 Å². The van der Waals surface area contributed by atoms with Crippen molar-refractivity contribution in [2.24, 2.45) is 0 Å². The molecule has 0 aromatic carbocycles. The second-order valence-corrected chi connectivity index (χ2v) is 4.02. The van der Waals surface area contributed by atoms with E-state index in [1.165, 1.54) is 10.6 Å². The van der Waals surface area contributed by atoms with Crippen molar-refractivity contribution in [3.8, 4) is 0 Å². The van der Waals surface area contributed by atoms with Crippen LogP contribution in [0.5, 0.6) is 0 Å². The third kappa shape index (κ3) is 32.4. The summed E-state index contributed by atoms with van der Waals surface area (Å²) in [6.45, 7) is 2.13. The topological polar surface area (TPSA) is 42.2 Å². The van der Waals surface area contributed by atoms with Crippen molar-refractivity contribution in [3.05, 3.63) is 10.6 Å². The number of hydrogen-bond donors (Lipinski definition) is 1. The van der Waals surface area contributed by atoms with E-state index in [-0.39, 0.29) is 0 Å². The van der Waals surface area contributed by atoms with Gasteiger partial charge in [0.15, 0.2) is 5.13 Å². The van der Waals surface area contributed by atoms with Crippen molar-refractivity contribution in [2.75, 3.05) is 19.3 Å². The van der Waals surface area contributed by atoms with Crippen LogP contribution in [0.25, 0.3) is 0 Å². The Balaban J connectivity index is -0.0000000428. The summed E-state index contributed by atoms with van der Waals surface area (Å²) in [6.07, 6.45) is 1.06. The van der Waals surface area contributed by atoms with Gasteiger partial charge in [0.25, 0.3) is 0 Å². The average Bonchev–Trinajstić information content (AvgIpc) is 3.18. The first-order valence-electron chi connectivity index (χ1n) is 4.82. The SMILES string of the molecule is CN1CCc2nc(N)sc2C1.FF.FF.FF.FF.FF.FF.FF.FF. The molecule has 0 bridgehead atoms. The Morgan fingerprint density at radius 3 is 1.41 bits per heavy atom. The summed E-state index contributed by atoms with van der Waals surface area (Å²) < 4.78 is 128. The van der Waals surface area contributed by atoms with Crippen LogP contribution in [0.15, 0.2) is 0 Å². The van der Waals surface area contributed by atoms with Gasteiger partial charge in [-0.15, -0.1) is 11.3 Å². The molecule has 0 radical (unpaired) electrons. The minimum Gasteiger partial charge on any atom is -0.375 e. The van der Waals surface area contributed by atoms with Crippen LogP contribution in [0.3, 0.4) is 0 Å². The monoisotopic (exact) mass is 473 g/mol. The lowest BCUT2D eigenvalue weighted by atomic mass is 10.2. The zero-order valence-electron chi connectivity index (χ0n) is 12.5. The Bertz CT molecular complexity index is 295. The number of nitrogen functional groups attached to an aromatic ring is 1. The molecule has 2 N–H and O–H groups in total. The molecule has 0 amide bonds. The molecular formula is C7H11F16N3S. The van der Waals surface area contributed by atoms with Gasteiger partial charge in [0.2, 0.25) is 0 Å². The Kier molecular flexibility index (Phi) is 93.1. The van der Waals surface area contributed by atoms with Crippen LogP contribution in [-0.2, 0) is 13.0 Å². The molecule has 3 nitrogen and oxygen atoms in total. The fourth-order valence-electron chi connectivity index (χ4n) is 1.34. The molecule has 0 unspecified atom stereocenters. The van der Waals surface area contributed by atoms with Crippen molar-refractivity contribution in [1.29, 1.82) is 0 Å². The fourth-order valence-corrected chi connectivity index (χ4v) is 2.30. The van der Waals surface area contributed by atoms with Gasteiger partial charge < -0.3 is 10.6 Å². The van der Waals surface area contributed by atoms with Gasteiger partial charge >= 0.3 is 0 Å². The van der Waals surface area contributed by atoms with E-state index in [0.717, 1.165) is 19.5 Å². The van der Waals surface area contributed by atoms with Crippen molar-refractivity contribution >= 4 is 16.5 Å². The average molecular weight is 473 g/mol. The Morgan fingerprint density at radius 1 is 0.741 bits per heavy atom. The Morgan fingerprint density at radius 2 is 1.07 bits per heavy atom. The number of hydrogen-bond acceptors (Lipinski definition) is 4. The number of halogens is 16. The van der Waals surface area contributed by atoms with Gasteiger partial charge in [0, 0.05) is 97.6 Å². The lowest BCUT2D eigenvalue weighted by molar-refractivity contribution is 0.108. The number of rotatable bonds is 0.